The Kier molecular flexibility index (Phi) is 10.3. The van der Waals surface area contributed by atoms with E-state index in [1.54, 1.807) is 6.20 Å². The molecule has 2 N–H and O–H groups in total. The molecule has 1 heterocycles. The maximum absolute atomic E-state index is 3.62. The van der Waals surface area contributed by atoms with Crippen molar-refractivity contribution in [2.45, 2.75) is 51.6 Å². The van der Waals surface area contributed by atoms with Crippen LogP contribution in [0.25, 0.3) is 0 Å². The molecule has 2 atom stereocenters. The predicted molar refractivity (Wildman–Crippen MR) is 77.3 cm³/mol. The van der Waals surface area contributed by atoms with Gasteiger partial charge < -0.3 is 15.5 Å². The Morgan fingerprint density at radius 1 is 1.47 bits per heavy atom. The monoisotopic (exact) mass is 241 g/mol. The highest BCUT2D eigenvalue weighted by Crippen LogP contribution is 2.12. The smallest absolute Gasteiger partial charge is 0.0197 e. The number of hydrogen-bond acceptors (Lipinski definition) is 3. The van der Waals surface area contributed by atoms with Crippen molar-refractivity contribution in [2.75, 3.05) is 27.2 Å². The predicted octanol–water partition coefficient (Wildman–Crippen LogP) is 2.21. The molecule has 0 aromatic carbocycles. The fourth-order valence-electron chi connectivity index (χ4n) is 2.06. The molecule has 3 nitrogen and oxygen atoms in total. The number of nitrogens with one attached hydrogen (secondary N) is 2. The Labute approximate surface area is 108 Å². The van der Waals surface area contributed by atoms with Gasteiger partial charge in [0.25, 0.3) is 0 Å². The Morgan fingerprint density at radius 2 is 2.12 bits per heavy atom. The summed E-state index contributed by atoms with van der Waals surface area (Å²) >= 11 is 0. The van der Waals surface area contributed by atoms with Crippen LogP contribution < -0.4 is 10.6 Å². The molecule has 1 saturated heterocycles. The number of likely N-dealkylation sites (N-methyl/N-ethyl adjacent to an activating group) is 1. The van der Waals surface area contributed by atoms with E-state index in [4.69, 9.17) is 0 Å². The van der Waals surface area contributed by atoms with Crippen molar-refractivity contribution in [2.24, 2.45) is 0 Å². The van der Waals surface area contributed by atoms with E-state index in [-0.39, 0.29) is 0 Å². The van der Waals surface area contributed by atoms with Gasteiger partial charge in [-0.15, -0.1) is 0 Å². The Hall–Kier alpha value is -0.540. The molecule has 0 amide bonds. The summed E-state index contributed by atoms with van der Waals surface area (Å²) < 4.78 is 0. The topological polar surface area (TPSA) is 27.3 Å². The average molecular weight is 241 g/mol. The lowest BCUT2D eigenvalue weighted by molar-refractivity contribution is 0.293. The minimum absolute atomic E-state index is 0.740. The van der Waals surface area contributed by atoms with Gasteiger partial charge in [0.1, 0.15) is 0 Å². The first-order chi connectivity index (χ1) is 8.13. The number of hydrogen-bond donors (Lipinski definition) is 2. The van der Waals surface area contributed by atoms with Crippen LogP contribution in [0.5, 0.6) is 0 Å². The molecule has 2 unspecified atom stereocenters. The van der Waals surface area contributed by atoms with Gasteiger partial charge >= 0.3 is 0 Å². The van der Waals surface area contributed by atoms with E-state index >= 15 is 0 Å². The van der Waals surface area contributed by atoms with Crippen molar-refractivity contribution >= 4 is 0 Å². The lowest BCUT2D eigenvalue weighted by Gasteiger charge is -2.21. The first kappa shape index (κ1) is 16.5. The van der Waals surface area contributed by atoms with Crippen molar-refractivity contribution in [3.8, 4) is 0 Å². The highest BCUT2D eigenvalue weighted by Gasteiger charge is 2.20. The minimum Gasteiger partial charge on any atom is -0.394 e. The molecule has 3 heteroatoms. The van der Waals surface area contributed by atoms with Crippen LogP contribution in [0.1, 0.15) is 39.5 Å². The van der Waals surface area contributed by atoms with E-state index < -0.39 is 0 Å². The molecule has 0 bridgehead atoms. The van der Waals surface area contributed by atoms with Crippen LogP contribution in [0.4, 0.5) is 0 Å². The SMILES string of the molecule is C=CNC.CCCCN(C)CC1CCC(C)N1. The van der Waals surface area contributed by atoms with Crippen molar-refractivity contribution in [1.82, 2.24) is 15.5 Å². The lowest BCUT2D eigenvalue weighted by Crippen LogP contribution is -2.37. The van der Waals surface area contributed by atoms with Crippen LogP contribution in [-0.4, -0.2) is 44.2 Å². The summed E-state index contributed by atoms with van der Waals surface area (Å²) in [5.41, 5.74) is 0. The zero-order chi connectivity index (χ0) is 13.1. The summed E-state index contributed by atoms with van der Waals surface area (Å²) in [5.74, 6) is 0. The van der Waals surface area contributed by atoms with Crippen molar-refractivity contribution in [3.05, 3.63) is 12.8 Å². The van der Waals surface area contributed by atoms with Crippen LogP contribution in [0, 0.1) is 0 Å². The second-order valence-corrected chi connectivity index (χ2v) is 4.95. The molecule has 1 aliphatic rings. The summed E-state index contributed by atoms with van der Waals surface area (Å²) in [4.78, 5) is 2.46. The van der Waals surface area contributed by atoms with Gasteiger partial charge in [0.2, 0.25) is 0 Å². The molecule has 0 aromatic heterocycles. The highest BCUT2D eigenvalue weighted by atomic mass is 15.1. The first-order valence-corrected chi connectivity index (χ1v) is 6.86. The second-order valence-electron chi connectivity index (χ2n) is 4.95. The summed E-state index contributed by atoms with van der Waals surface area (Å²) in [6.45, 7) is 10.4. The number of rotatable bonds is 6. The second kappa shape index (κ2) is 10.6. The normalized spacial score (nSPS) is 23.1. The maximum Gasteiger partial charge on any atom is 0.0197 e. The molecule has 0 aliphatic carbocycles. The zero-order valence-corrected chi connectivity index (χ0v) is 12.1. The standard InChI is InChI=1S/C11H24N2.C3H7N/c1-4-5-8-13(3)9-11-7-6-10(2)12-11;1-3-4-2/h10-12H,4-9H2,1-3H3;3-4H,1H2,2H3. The summed E-state index contributed by atoms with van der Waals surface area (Å²) in [7, 11) is 4.05. The van der Waals surface area contributed by atoms with Gasteiger partial charge in [0, 0.05) is 25.7 Å². The van der Waals surface area contributed by atoms with Crippen molar-refractivity contribution in [1.29, 1.82) is 0 Å². The maximum atomic E-state index is 3.62. The first-order valence-electron chi connectivity index (χ1n) is 6.86. The summed E-state index contributed by atoms with van der Waals surface area (Å²) in [6.07, 6.45) is 6.97. The third-order valence-corrected chi connectivity index (χ3v) is 3.10. The van der Waals surface area contributed by atoms with Crippen molar-refractivity contribution < 1.29 is 0 Å². The molecule has 0 spiro atoms. The number of unbranched alkanes of at least 4 members (excludes halogenated alkanes) is 1. The molecule has 1 fully saturated rings. The van der Waals surface area contributed by atoms with E-state index in [1.165, 1.54) is 38.8 Å². The molecule has 1 aliphatic heterocycles. The number of nitrogens with zero attached hydrogens (tertiary/aromatic N) is 1. The van der Waals surface area contributed by atoms with Crippen LogP contribution in [0.3, 0.4) is 0 Å². The van der Waals surface area contributed by atoms with Gasteiger partial charge in [-0.25, -0.2) is 0 Å². The van der Waals surface area contributed by atoms with Gasteiger partial charge in [-0.1, -0.05) is 19.9 Å². The fourth-order valence-corrected chi connectivity index (χ4v) is 2.06. The molecule has 17 heavy (non-hydrogen) atoms. The Morgan fingerprint density at radius 3 is 2.53 bits per heavy atom. The van der Waals surface area contributed by atoms with E-state index in [9.17, 15) is 0 Å². The van der Waals surface area contributed by atoms with E-state index in [0.29, 0.717) is 0 Å². The van der Waals surface area contributed by atoms with Crippen LogP contribution in [-0.2, 0) is 0 Å². The minimum atomic E-state index is 0.740. The molecular formula is C14H31N3. The van der Waals surface area contributed by atoms with Gasteiger partial charge in [-0.2, -0.15) is 0 Å². The van der Waals surface area contributed by atoms with Gasteiger partial charge in [-0.05, 0) is 46.0 Å². The largest absolute Gasteiger partial charge is 0.394 e. The van der Waals surface area contributed by atoms with Crippen LogP contribution in [0.15, 0.2) is 12.8 Å². The van der Waals surface area contributed by atoms with Gasteiger partial charge in [-0.3, -0.25) is 0 Å². The van der Waals surface area contributed by atoms with Gasteiger partial charge in [0.05, 0.1) is 0 Å². The zero-order valence-electron chi connectivity index (χ0n) is 12.1. The summed E-state index contributed by atoms with van der Waals surface area (Å²) in [5, 5.41) is 6.31. The summed E-state index contributed by atoms with van der Waals surface area (Å²) in [6, 6.07) is 1.49. The molecule has 102 valence electrons. The Balaban J connectivity index is 0.000000557. The molecule has 0 saturated carbocycles. The molecule has 0 radical (unpaired) electrons. The highest BCUT2D eigenvalue weighted by molar-refractivity contribution is 4.82. The molecular weight excluding hydrogens is 210 g/mol. The average Bonchev–Trinajstić information content (AvgIpc) is 2.72. The van der Waals surface area contributed by atoms with Crippen LogP contribution in [0.2, 0.25) is 0 Å². The van der Waals surface area contributed by atoms with Crippen molar-refractivity contribution in [3.63, 3.8) is 0 Å². The molecule has 0 aromatic rings. The van der Waals surface area contributed by atoms with E-state index in [0.717, 1.165) is 12.1 Å². The van der Waals surface area contributed by atoms with Gasteiger partial charge in [0.15, 0.2) is 0 Å². The van der Waals surface area contributed by atoms with E-state index in [2.05, 4.69) is 43.0 Å². The third kappa shape index (κ3) is 9.19. The van der Waals surface area contributed by atoms with E-state index in [1.807, 2.05) is 7.05 Å². The fraction of sp³-hybridized carbons (Fsp3) is 0.857. The lowest BCUT2D eigenvalue weighted by atomic mass is 10.2. The Bertz CT molecular complexity index is 182. The quantitative estimate of drug-likeness (QED) is 0.746. The van der Waals surface area contributed by atoms with Crippen LogP contribution >= 0.6 is 0 Å². The third-order valence-electron chi connectivity index (χ3n) is 3.10. The molecule has 1 rings (SSSR count).